The van der Waals surface area contributed by atoms with Gasteiger partial charge in [0.25, 0.3) is 0 Å². The molecule has 156 valence electrons. The van der Waals surface area contributed by atoms with E-state index in [2.05, 4.69) is 6.07 Å². The number of nitrogens with two attached hydrogens (primary N) is 1. The number of allylic oxidation sites excluding steroid dienone is 1. The summed E-state index contributed by atoms with van der Waals surface area (Å²) >= 11 is 0. The Kier molecular flexibility index (Phi) is 5.37. The number of nitriles is 1. The van der Waals surface area contributed by atoms with Crippen LogP contribution in [0.2, 0.25) is 0 Å². The third-order valence-corrected chi connectivity index (χ3v) is 4.85. The number of carbonyl (C=O) groups excluding carboxylic acids is 1. The van der Waals surface area contributed by atoms with Crippen molar-refractivity contribution in [2.45, 2.75) is 19.8 Å². The number of furan rings is 1. The molecule has 0 saturated carbocycles. The summed E-state index contributed by atoms with van der Waals surface area (Å²) in [7, 11) is 0. The van der Waals surface area contributed by atoms with Gasteiger partial charge in [-0.15, -0.1) is 0 Å². The molecule has 1 aliphatic heterocycles. The predicted octanol–water partition coefficient (Wildman–Crippen LogP) is 4.42. The average Bonchev–Trinajstić information content (AvgIpc) is 3.19. The molecule has 0 aliphatic carbocycles. The van der Waals surface area contributed by atoms with Gasteiger partial charge in [-0.05, 0) is 44.2 Å². The van der Waals surface area contributed by atoms with Gasteiger partial charge in [-0.2, -0.15) is 5.26 Å². The van der Waals surface area contributed by atoms with Crippen molar-refractivity contribution < 1.29 is 23.4 Å². The van der Waals surface area contributed by atoms with Gasteiger partial charge in [0, 0.05) is 11.6 Å². The monoisotopic (exact) mass is 416 g/mol. The van der Waals surface area contributed by atoms with E-state index in [1.165, 1.54) is 0 Å². The quantitative estimate of drug-likeness (QED) is 0.484. The van der Waals surface area contributed by atoms with E-state index in [0.717, 1.165) is 5.76 Å². The second-order valence-electron chi connectivity index (χ2n) is 6.89. The Morgan fingerprint density at radius 2 is 2.00 bits per heavy atom. The largest absolute Gasteiger partial charge is 0.493 e. The van der Waals surface area contributed by atoms with Crippen molar-refractivity contribution in [1.29, 1.82) is 5.26 Å². The van der Waals surface area contributed by atoms with Crippen LogP contribution in [-0.4, -0.2) is 12.6 Å². The smallest absolute Gasteiger partial charge is 0.347 e. The van der Waals surface area contributed by atoms with Crippen LogP contribution in [0.25, 0.3) is 0 Å². The fraction of sp³-hybridized carbons (Fsp3) is 0.167. The van der Waals surface area contributed by atoms with Crippen LogP contribution >= 0.6 is 0 Å². The van der Waals surface area contributed by atoms with Crippen LogP contribution in [0.15, 0.2) is 70.5 Å². The van der Waals surface area contributed by atoms with Crippen molar-refractivity contribution >= 4 is 5.97 Å². The summed E-state index contributed by atoms with van der Waals surface area (Å²) in [6.45, 7) is 4.09. The number of hydrogen-bond acceptors (Lipinski definition) is 7. The molecule has 0 radical (unpaired) electrons. The summed E-state index contributed by atoms with van der Waals surface area (Å²) in [5.74, 6) is 1.33. The van der Waals surface area contributed by atoms with Gasteiger partial charge < -0.3 is 24.4 Å². The Bertz CT molecular complexity index is 1220. The van der Waals surface area contributed by atoms with Gasteiger partial charge in [-0.3, -0.25) is 0 Å². The number of benzene rings is 2. The van der Waals surface area contributed by atoms with Crippen LogP contribution < -0.4 is 19.9 Å². The van der Waals surface area contributed by atoms with Gasteiger partial charge in [0.15, 0.2) is 0 Å². The molecule has 0 amide bonds. The van der Waals surface area contributed by atoms with Crippen molar-refractivity contribution in [3.8, 4) is 23.3 Å². The van der Waals surface area contributed by atoms with Gasteiger partial charge in [-0.1, -0.05) is 18.2 Å². The lowest BCUT2D eigenvalue weighted by molar-refractivity contribution is 0.0730. The van der Waals surface area contributed by atoms with E-state index < -0.39 is 11.9 Å². The van der Waals surface area contributed by atoms with E-state index in [4.69, 9.17) is 24.4 Å². The number of nitrogens with zero attached hydrogens (tertiary/aromatic N) is 1. The molecule has 3 aromatic rings. The predicted molar refractivity (Wildman–Crippen MR) is 112 cm³/mol. The molecular weight excluding hydrogens is 396 g/mol. The van der Waals surface area contributed by atoms with Crippen LogP contribution in [0.3, 0.4) is 0 Å². The van der Waals surface area contributed by atoms with E-state index >= 15 is 0 Å². The lowest BCUT2D eigenvalue weighted by Gasteiger charge is -2.25. The highest BCUT2D eigenvalue weighted by Gasteiger charge is 2.33. The highest BCUT2D eigenvalue weighted by Crippen LogP contribution is 2.43. The number of esters is 1. The van der Waals surface area contributed by atoms with Crippen LogP contribution in [-0.2, 0) is 0 Å². The molecule has 7 nitrogen and oxygen atoms in total. The van der Waals surface area contributed by atoms with Crippen molar-refractivity contribution in [2.24, 2.45) is 5.73 Å². The second kappa shape index (κ2) is 8.28. The van der Waals surface area contributed by atoms with Crippen LogP contribution in [0, 0.1) is 18.3 Å². The highest BCUT2D eigenvalue weighted by atomic mass is 16.5. The first-order chi connectivity index (χ1) is 15.0. The molecule has 2 heterocycles. The normalized spacial score (nSPS) is 14.9. The molecule has 0 saturated heterocycles. The molecule has 2 aromatic carbocycles. The number of carbonyl (C=O) groups is 1. The SMILES string of the molecule is CCOc1ccccc1C(=O)Oc1ccc2c(c1)OC(N)=C(C#N)C2c1ccc(C)o1. The molecule has 1 aromatic heterocycles. The zero-order valence-corrected chi connectivity index (χ0v) is 17.0. The molecule has 0 spiro atoms. The molecule has 7 heteroatoms. The van der Waals surface area contributed by atoms with Gasteiger partial charge in [0.1, 0.15) is 46.0 Å². The summed E-state index contributed by atoms with van der Waals surface area (Å²) in [6, 6.07) is 17.5. The Morgan fingerprint density at radius 1 is 1.19 bits per heavy atom. The van der Waals surface area contributed by atoms with Crippen molar-refractivity contribution in [3.05, 3.63) is 88.7 Å². The Balaban J connectivity index is 1.67. The Labute approximate surface area is 179 Å². The van der Waals surface area contributed by atoms with Crippen molar-refractivity contribution in [1.82, 2.24) is 0 Å². The average molecular weight is 416 g/mol. The summed E-state index contributed by atoms with van der Waals surface area (Å²) in [5.41, 5.74) is 7.27. The van der Waals surface area contributed by atoms with E-state index in [1.54, 1.807) is 48.5 Å². The lowest BCUT2D eigenvalue weighted by atomic mass is 9.87. The number of rotatable bonds is 5. The maximum absolute atomic E-state index is 12.7. The van der Waals surface area contributed by atoms with Crippen LogP contribution in [0.5, 0.6) is 17.2 Å². The summed E-state index contributed by atoms with van der Waals surface area (Å²) < 4.78 is 22.5. The van der Waals surface area contributed by atoms with E-state index in [-0.39, 0.29) is 17.2 Å². The maximum Gasteiger partial charge on any atom is 0.347 e. The third kappa shape index (κ3) is 3.83. The molecule has 0 fully saturated rings. The Hall–Kier alpha value is -4.18. The first kappa shape index (κ1) is 20.1. The standard InChI is InChI=1S/C24H20N2O5/c1-3-28-19-7-5-4-6-17(19)24(27)30-15-9-10-16-21(12-15)31-23(26)18(13-25)22(16)20-11-8-14(2)29-20/h4-12,22H,3,26H2,1-2H3. The van der Waals surface area contributed by atoms with E-state index in [9.17, 15) is 10.1 Å². The van der Waals surface area contributed by atoms with Gasteiger partial charge in [-0.25, -0.2) is 4.79 Å². The minimum absolute atomic E-state index is 0.0146. The molecule has 31 heavy (non-hydrogen) atoms. The molecule has 0 bridgehead atoms. The van der Waals surface area contributed by atoms with Gasteiger partial charge in [0.2, 0.25) is 5.88 Å². The van der Waals surface area contributed by atoms with Gasteiger partial charge in [0.05, 0.1) is 12.5 Å². The minimum Gasteiger partial charge on any atom is -0.493 e. The molecule has 2 N–H and O–H groups in total. The fourth-order valence-corrected chi connectivity index (χ4v) is 3.48. The zero-order valence-electron chi connectivity index (χ0n) is 17.0. The van der Waals surface area contributed by atoms with Crippen LogP contribution in [0.4, 0.5) is 0 Å². The first-order valence-corrected chi connectivity index (χ1v) is 9.73. The van der Waals surface area contributed by atoms with Crippen molar-refractivity contribution in [3.63, 3.8) is 0 Å². The number of aryl methyl sites for hydroxylation is 1. The molecule has 4 rings (SSSR count). The topological polar surface area (TPSA) is 108 Å². The zero-order chi connectivity index (χ0) is 22.0. The van der Waals surface area contributed by atoms with E-state index in [1.807, 2.05) is 19.9 Å². The first-order valence-electron chi connectivity index (χ1n) is 9.73. The number of hydrogen-bond donors (Lipinski definition) is 1. The minimum atomic E-state index is -0.556. The lowest BCUT2D eigenvalue weighted by Crippen LogP contribution is -2.21. The maximum atomic E-state index is 12.7. The highest BCUT2D eigenvalue weighted by molar-refractivity contribution is 5.94. The molecule has 1 unspecified atom stereocenters. The summed E-state index contributed by atoms with van der Waals surface area (Å²) in [5, 5.41) is 9.60. The summed E-state index contributed by atoms with van der Waals surface area (Å²) in [6.07, 6.45) is 0. The van der Waals surface area contributed by atoms with Gasteiger partial charge >= 0.3 is 5.97 Å². The Morgan fingerprint density at radius 3 is 2.71 bits per heavy atom. The molecule has 1 atom stereocenters. The van der Waals surface area contributed by atoms with Crippen LogP contribution in [0.1, 0.15) is 40.3 Å². The van der Waals surface area contributed by atoms with Crippen molar-refractivity contribution in [2.75, 3.05) is 6.61 Å². The number of para-hydroxylation sites is 1. The van der Waals surface area contributed by atoms with E-state index in [0.29, 0.717) is 35.0 Å². The second-order valence-corrected chi connectivity index (χ2v) is 6.89. The number of ether oxygens (including phenoxy) is 3. The molecule has 1 aliphatic rings. The summed E-state index contributed by atoms with van der Waals surface area (Å²) in [4.78, 5) is 12.7. The molecular formula is C24H20N2O5. The fourth-order valence-electron chi connectivity index (χ4n) is 3.48. The third-order valence-electron chi connectivity index (χ3n) is 4.85. The number of fused-ring (bicyclic) bond motifs is 1.